The Kier molecular flexibility index (Phi) is 23.4. The fourth-order valence-corrected chi connectivity index (χ4v) is 4.13. The van der Waals surface area contributed by atoms with Gasteiger partial charge in [-0.3, -0.25) is 9.98 Å². The topological polar surface area (TPSA) is 28.0 Å². The van der Waals surface area contributed by atoms with Gasteiger partial charge in [-0.05, 0) is 82.1 Å². The third-order valence-electron chi connectivity index (χ3n) is 5.30. The van der Waals surface area contributed by atoms with Crippen LogP contribution in [-0.4, -0.2) is 41.8 Å². The van der Waals surface area contributed by atoms with Crippen LogP contribution >= 0.6 is 11.8 Å². The van der Waals surface area contributed by atoms with Gasteiger partial charge in [0.15, 0.2) is 0 Å². The van der Waals surface area contributed by atoms with Gasteiger partial charge in [-0.15, -0.1) is 11.8 Å². The zero-order valence-electron chi connectivity index (χ0n) is 25.3. The van der Waals surface area contributed by atoms with E-state index in [-0.39, 0.29) is 0 Å². The van der Waals surface area contributed by atoms with Crippen LogP contribution < -0.4 is 0 Å². The summed E-state index contributed by atoms with van der Waals surface area (Å²) in [6.07, 6.45) is 21.5. The van der Waals surface area contributed by atoms with Crippen LogP contribution in [0.25, 0.3) is 0 Å². The van der Waals surface area contributed by atoms with E-state index < -0.39 is 0 Å². The van der Waals surface area contributed by atoms with E-state index in [2.05, 4.69) is 103 Å². The van der Waals surface area contributed by atoms with Crippen LogP contribution in [0.3, 0.4) is 0 Å². The van der Waals surface area contributed by atoms with Crippen molar-refractivity contribution < 1.29 is 0 Å². The number of hydrogen-bond donors (Lipinski definition) is 0. The summed E-state index contributed by atoms with van der Waals surface area (Å²) >= 11 is 1.74. The van der Waals surface area contributed by atoms with Gasteiger partial charge in [0.1, 0.15) is 6.67 Å². The van der Waals surface area contributed by atoms with Crippen LogP contribution in [0, 0.1) is 0 Å². The second kappa shape index (κ2) is 23.3. The standard InChI is InChI=1S/C27H41N3S.C3H8.C2H6/c1-9-13-14-15-24(10-2)27(31-8)17-21(5)16-26-23(7)29-20-30(25(11-3)12-4)19-22(6)18-28-26;1-3-2;1-2/h9-10,13,15-17,19,25H,2,11-12,14,18,20H2,1,3-8H3;3H2,1-2H3;1-2H3/b13-9-,21-16+,22-19-,24-15+,27-17-,28-26?,29-23-;;. The minimum absolute atomic E-state index is 0.518. The SMILES string of the molecule is C=CC(=C\C/C=C\C)/C(=C/C(C)=C/C1=NC/C(C)=C\N(C(CC)CC)C/N=C\1C)SC.CC.CCC. The first kappa shape index (κ1) is 36.1. The molecule has 0 unspecified atom stereocenters. The van der Waals surface area contributed by atoms with Crippen LogP contribution in [0.15, 0.2) is 80.8 Å². The minimum Gasteiger partial charge on any atom is -0.355 e. The van der Waals surface area contributed by atoms with Crippen LogP contribution in [0.2, 0.25) is 0 Å². The van der Waals surface area contributed by atoms with E-state index in [1.165, 1.54) is 22.5 Å². The molecule has 36 heavy (non-hydrogen) atoms. The number of hydrogen-bond acceptors (Lipinski definition) is 4. The van der Waals surface area contributed by atoms with Crippen molar-refractivity contribution in [3.8, 4) is 0 Å². The molecule has 3 nitrogen and oxygen atoms in total. The first-order chi connectivity index (χ1) is 17.3. The Bertz CT molecular complexity index is 818. The lowest BCUT2D eigenvalue weighted by Crippen LogP contribution is -2.30. The molecule has 0 aromatic rings. The molecule has 0 aromatic carbocycles. The summed E-state index contributed by atoms with van der Waals surface area (Å²) in [7, 11) is 0. The molecular formula is C32H55N3S. The largest absolute Gasteiger partial charge is 0.355 e. The summed E-state index contributed by atoms with van der Waals surface area (Å²) < 4.78 is 0. The van der Waals surface area contributed by atoms with Gasteiger partial charge in [0, 0.05) is 17.1 Å². The van der Waals surface area contributed by atoms with Gasteiger partial charge < -0.3 is 4.90 Å². The van der Waals surface area contributed by atoms with Crippen LogP contribution in [0.1, 0.15) is 94.9 Å². The summed E-state index contributed by atoms with van der Waals surface area (Å²) in [6.45, 7) is 26.5. The van der Waals surface area contributed by atoms with Gasteiger partial charge in [0.2, 0.25) is 0 Å². The van der Waals surface area contributed by atoms with Crippen molar-refractivity contribution in [3.05, 3.63) is 70.9 Å². The Morgan fingerprint density at radius 2 is 1.75 bits per heavy atom. The second-order valence-electron chi connectivity index (χ2n) is 8.52. The van der Waals surface area contributed by atoms with E-state index in [1.807, 2.05) is 26.8 Å². The predicted octanol–water partition coefficient (Wildman–Crippen LogP) is 9.97. The second-order valence-corrected chi connectivity index (χ2v) is 9.37. The Labute approximate surface area is 229 Å². The average Bonchev–Trinajstić information content (AvgIpc) is 2.94. The van der Waals surface area contributed by atoms with Gasteiger partial charge in [-0.25, -0.2) is 0 Å². The molecular weight excluding hydrogens is 458 g/mol. The van der Waals surface area contributed by atoms with Gasteiger partial charge in [-0.1, -0.05) is 78.8 Å². The summed E-state index contributed by atoms with van der Waals surface area (Å²) in [5, 5.41) is 0. The van der Waals surface area contributed by atoms with Crippen LogP contribution in [0.4, 0.5) is 0 Å². The van der Waals surface area contributed by atoms with E-state index in [0.29, 0.717) is 19.3 Å². The monoisotopic (exact) mass is 513 g/mol. The van der Waals surface area contributed by atoms with Crippen molar-refractivity contribution >= 4 is 23.2 Å². The van der Waals surface area contributed by atoms with Gasteiger partial charge >= 0.3 is 0 Å². The van der Waals surface area contributed by atoms with E-state index in [9.17, 15) is 0 Å². The lowest BCUT2D eigenvalue weighted by molar-refractivity contribution is 0.267. The number of thioether (sulfide) groups is 1. The van der Waals surface area contributed by atoms with Crippen molar-refractivity contribution in [3.63, 3.8) is 0 Å². The molecule has 204 valence electrons. The molecule has 0 bridgehead atoms. The maximum atomic E-state index is 4.88. The molecule has 0 saturated heterocycles. The molecule has 0 aromatic heterocycles. The first-order valence-corrected chi connectivity index (χ1v) is 14.9. The van der Waals surface area contributed by atoms with E-state index >= 15 is 0 Å². The molecule has 0 radical (unpaired) electrons. The molecule has 1 heterocycles. The quantitative estimate of drug-likeness (QED) is 0.215. The van der Waals surface area contributed by atoms with Crippen molar-refractivity contribution in [2.24, 2.45) is 9.98 Å². The Morgan fingerprint density at radius 1 is 1.14 bits per heavy atom. The highest BCUT2D eigenvalue weighted by Gasteiger charge is 2.13. The number of nitrogens with zero attached hydrogens (tertiary/aromatic N) is 3. The van der Waals surface area contributed by atoms with Crippen molar-refractivity contribution in [1.82, 2.24) is 4.90 Å². The lowest BCUT2D eigenvalue weighted by atomic mass is 10.1. The first-order valence-electron chi connectivity index (χ1n) is 13.7. The van der Waals surface area contributed by atoms with Gasteiger partial charge in [-0.2, -0.15) is 0 Å². The van der Waals surface area contributed by atoms with Crippen molar-refractivity contribution in [1.29, 1.82) is 0 Å². The molecule has 0 fully saturated rings. The highest BCUT2D eigenvalue weighted by molar-refractivity contribution is 8.02. The predicted molar refractivity (Wildman–Crippen MR) is 171 cm³/mol. The van der Waals surface area contributed by atoms with E-state index in [1.54, 1.807) is 11.8 Å². The van der Waals surface area contributed by atoms with Gasteiger partial charge in [0.05, 0.1) is 18.0 Å². The third kappa shape index (κ3) is 15.1. The zero-order chi connectivity index (χ0) is 27.9. The molecule has 1 aliphatic rings. The fraction of sp³-hybridized carbons (Fsp3) is 0.562. The molecule has 0 spiro atoms. The molecule has 0 saturated carbocycles. The Morgan fingerprint density at radius 3 is 2.25 bits per heavy atom. The van der Waals surface area contributed by atoms with Crippen LogP contribution in [0.5, 0.6) is 0 Å². The Hall–Kier alpha value is -2.07. The molecule has 1 rings (SSSR count). The molecule has 4 heteroatoms. The summed E-state index contributed by atoms with van der Waals surface area (Å²) in [6, 6.07) is 0.518. The number of allylic oxidation sites excluding steroid dienone is 8. The molecule has 1 aliphatic heterocycles. The summed E-state index contributed by atoms with van der Waals surface area (Å²) in [5.41, 5.74) is 5.55. The van der Waals surface area contributed by atoms with Crippen LogP contribution in [-0.2, 0) is 0 Å². The number of aliphatic imine (C=N–C) groups is 2. The van der Waals surface area contributed by atoms with Crippen molar-refractivity contribution in [2.75, 3.05) is 19.5 Å². The minimum atomic E-state index is 0.518. The highest BCUT2D eigenvalue weighted by Crippen LogP contribution is 2.25. The lowest BCUT2D eigenvalue weighted by Gasteiger charge is -2.28. The molecule has 0 atom stereocenters. The Balaban J connectivity index is 0. The van der Waals surface area contributed by atoms with Gasteiger partial charge in [0.25, 0.3) is 0 Å². The highest BCUT2D eigenvalue weighted by atomic mass is 32.2. The smallest absolute Gasteiger partial charge is 0.110 e. The number of rotatable bonds is 10. The van der Waals surface area contributed by atoms with E-state index in [0.717, 1.165) is 36.3 Å². The molecule has 0 aliphatic carbocycles. The summed E-state index contributed by atoms with van der Waals surface area (Å²) in [4.78, 5) is 13.3. The maximum Gasteiger partial charge on any atom is 0.110 e. The molecule has 0 amide bonds. The summed E-state index contributed by atoms with van der Waals surface area (Å²) in [5.74, 6) is 0. The maximum absolute atomic E-state index is 4.88. The van der Waals surface area contributed by atoms with Crippen molar-refractivity contribution in [2.45, 2.75) is 101 Å². The normalized spacial score (nSPS) is 18.4. The third-order valence-corrected chi connectivity index (χ3v) is 6.09. The average molecular weight is 514 g/mol. The fourth-order valence-electron chi connectivity index (χ4n) is 3.43. The van der Waals surface area contributed by atoms with E-state index in [4.69, 9.17) is 9.98 Å². The molecule has 0 N–H and O–H groups in total. The zero-order valence-corrected chi connectivity index (χ0v) is 26.1.